The number of fused-ring (bicyclic) bond motifs is 1. The molecule has 0 unspecified atom stereocenters. The minimum Gasteiger partial charge on any atom is -0.352 e. The molecule has 164 valence electrons. The molecule has 32 heavy (non-hydrogen) atoms. The molecule has 5 rings (SSSR count). The van der Waals surface area contributed by atoms with E-state index < -0.39 is 0 Å². The molecule has 1 fully saturated rings. The van der Waals surface area contributed by atoms with Crippen molar-refractivity contribution in [3.8, 4) is 0 Å². The van der Waals surface area contributed by atoms with Crippen LogP contribution < -0.4 is 4.90 Å². The number of aryl methyl sites for hydroxylation is 1. The molecule has 1 amide bonds. The molecular weight excluding hydrogens is 398 g/mol. The van der Waals surface area contributed by atoms with Crippen LogP contribution in [0.2, 0.25) is 0 Å². The third-order valence-corrected chi connectivity index (χ3v) is 6.53. The largest absolute Gasteiger partial charge is 0.352 e. The van der Waals surface area contributed by atoms with Crippen LogP contribution in [0.1, 0.15) is 64.9 Å². The van der Waals surface area contributed by atoms with Gasteiger partial charge < -0.3 is 9.80 Å². The summed E-state index contributed by atoms with van der Waals surface area (Å²) in [5.74, 6) is 1.78. The Morgan fingerprint density at radius 2 is 1.84 bits per heavy atom. The number of carbonyl (C=O) groups excluding carboxylic acids is 1. The second kappa shape index (κ2) is 9.07. The van der Waals surface area contributed by atoms with Crippen LogP contribution in [-0.4, -0.2) is 38.8 Å². The van der Waals surface area contributed by atoms with Gasteiger partial charge in [0.1, 0.15) is 11.5 Å². The minimum absolute atomic E-state index is 0.0320. The third-order valence-electron chi connectivity index (χ3n) is 6.53. The highest BCUT2D eigenvalue weighted by molar-refractivity contribution is 5.92. The molecule has 0 spiro atoms. The van der Waals surface area contributed by atoms with Crippen molar-refractivity contribution in [3.63, 3.8) is 0 Å². The van der Waals surface area contributed by atoms with Crippen molar-refractivity contribution in [1.29, 1.82) is 0 Å². The number of pyridine rings is 1. The van der Waals surface area contributed by atoms with E-state index >= 15 is 0 Å². The maximum atomic E-state index is 13.3. The molecule has 1 saturated heterocycles. The molecule has 1 aromatic carbocycles. The van der Waals surface area contributed by atoms with Crippen molar-refractivity contribution < 1.29 is 4.79 Å². The molecule has 2 aliphatic rings. The maximum absolute atomic E-state index is 13.3. The van der Waals surface area contributed by atoms with Gasteiger partial charge in [0.25, 0.3) is 5.91 Å². The first-order valence-corrected chi connectivity index (χ1v) is 11.6. The van der Waals surface area contributed by atoms with Crippen LogP contribution in [0, 0.1) is 6.92 Å². The highest BCUT2D eigenvalue weighted by Crippen LogP contribution is 2.34. The first-order chi connectivity index (χ1) is 15.7. The zero-order chi connectivity index (χ0) is 21.9. The van der Waals surface area contributed by atoms with Gasteiger partial charge in [0.15, 0.2) is 5.82 Å². The molecule has 0 radical (unpaired) electrons. The standard InChI is InChI=1S/C26H29N5O/c1-19-21-12-9-16-30(18-20-10-3-2-4-11-20)25(21)29-24(28-19)23-14-6-8-17-31(23)26(32)22-13-5-7-15-27-22/h2-5,7,10-11,13,15,23H,6,8-9,12,14,16-18H2,1H3/t23-/m1/s1. The van der Waals surface area contributed by atoms with Crippen LogP contribution in [-0.2, 0) is 13.0 Å². The van der Waals surface area contributed by atoms with E-state index in [0.29, 0.717) is 12.2 Å². The van der Waals surface area contributed by atoms with Crippen molar-refractivity contribution in [2.75, 3.05) is 18.0 Å². The van der Waals surface area contributed by atoms with E-state index in [9.17, 15) is 4.79 Å². The number of hydrogen-bond acceptors (Lipinski definition) is 5. The Morgan fingerprint density at radius 3 is 2.66 bits per heavy atom. The number of carbonyl (C=O) groups is 1. The maximum Gasteiger partial charge on any atom is 0.273 e. The monoisotopic (exact) mass is 427 g/mol. The average Bonchev–Trinajstić information content (AvgIpc) is 2.85. The molecule has 2 aliphatic heterocycles. The summed E-state index contributed by atoms with van der Waals surface area (Å²) in [5, 5.41) is 0. The lowest BCUT2D eigenvalue weighted by Crippen LogP contribution is -2.40. The van der Waals surface area contributed by atoms with Crippen LogP contribution in [0.4, 0.5) is 5.82 Å². The Morgan fingerprint density at radius 1 is 1.00 bits per heavy atom. The summed E-state index contributed by atoms with van der Waals surface area (Å²) in [6, 6.07) is 15.9. The topological polar surface area (TPSA) is 62.2 Å². The number of amides is 1. The Kier molecular flexibility index (Phi) is 5.84. The molecule has 0 saturated carbocycles. The number of anilines is 1. The lowest BCUT2D eigenvalue weighted by molar-refractivity contribution is 0.0593. The van der Waals surface area contributed by atoms with Crippen LogP contribution in [0.5, 0.6) is 0 Å². The molecule has 6 heteroatoms. The number of aromatic nitrogens is 3. The van der Waals surface area contributed by atoms with E-state index in [1.807, 2.05) is 23.1 Å². The van der Waals surface area contributed by atoms with Crippen molar-refractivity contribution >= 4 is 11.7 Å². The number of nitrogens with zero attached hydrogens (tertiary/aromatic N) is 5. The van der Waals surface area contributed by atoms with Gasteiger partial charge in [-0.2, -0.15) is 0 Å². The summed E-state index contributed by atoms with van der Waals surface area (Å²) in [6.07, 6.45) is 6.75. The van der Waals surface area contributed by atoms with E-state index in [0.717, 1.165) is 62.5 Å². The van der Waals surface area contributed by atoms with Crippen LogP contribution in [0.15, 0.2) is 54.7 Å². The third kappa shape index (κ3) is 4.09. The second-order valence-electron chi connectivity index (χ2n) is 8.71. The quantitative estimate of drug-likeness (QED) is 0.613. The molecule has 0 aliphatic carbocycles. The van der Waals surface area contributed by atoms with Gasteiger partial charge in [-0.25, -0.2) is 9.97 Å². The Labute approximate surface area is 189 Å². The highest BCUT2D eigenvalue weighted by atomic mass is 16.2. The van der Waals surface area contributed by atoms with Crippen molar-refractivity contribution in [3.05, 3.63) is 83.1 Å². The Hall–Kier alpha value is -3.28. The first-order valence-electron chi connectivity index (χ1n) is 11.6. The first kappa shape index (κ1) is 20.6. The summed E-state index contributed by atoms with van der Waals surface area (Å²) >= 11 is 0. The van der Waals surface area contributed by atoms with Crippen LogP contribution in [0.25, 0.3) is 0 Å². The van der Waals surface area contributed by atoms with E-state index in [1.54, 1.807) is 12.3 Å². The SMILES string of the molecule is Cc1nc([C@H]2CCCCN2C(=O)c2ccccn2)nc2c1CCCN2Cc1ccccc1. The highest BCUT2D eigenvalue weighted by Gasteiger charge is 2.33. The molecule has 0 N–H and O–H groups in total. The number of rotatable bonds is 4. The smallest absolute Gasteiger partial charge is 0.273 e. The Bertz CT molecular complexity index is 1090. The fourth-order valence-electron chi connectivity index (χ4n) is 4.90. The van der Waals surface area contributed by atoms with Gasteiger partial charge in [0.05, 0.1) is 6.04 Å². The molecule has 1 atom stereocenters. The number of likely N-dealkylation sites (tertiary alicyclic amines) is 1. The zero-order valence-corrected chi connectivity index (χ0v) is 18.6. The van der Waals surface area contributed by atoms with Crippen molar-refractivity contribution in [1.82, 2.24) is 19.9 Å². The summed E-state index contributed by atoms with van der Waals surface area (Å²) in [7, 11) is 0. The van der Waals surface area contributed by atoms with Gasteiger partial charge in [-0.3, -0.25) is 9.78 Å². The zero-order valence-electron chi connectivity index (χ0n) is 18.6. The van der Waals surface area contributed by atoms with Crippen LogP contribution in [0.3, 0.4) is 0 Å². The van der Waals surface area contributed by atoms with Crippen molar-refractivity contribution in [2.24, 2.45) is 0 Å². The lowest BCUT2D eigenvalue weighted by atomic mass is 9.99. The molecular formula is C26H29N5O. The van der Waals surface area contributed by atoms with Gasteiger partial charge in [-0.15, -0.1) is 0 Å². The van der Waals surface area contributed by atoms with E-state index in [4.69, 9.17) is 9.97 Å². The van der Waals surface area contributed by atoms with E-state index in [1.165, 1.54) is 11.1 Å². The van der Waals surface area contributed by atoms with Crippen molar-refractivity contribution in [2.45, 2.75) is 51.6 Å². The fourth-order valence-corrected chi connectivity index (χ4v) is 4.90. The average molecular weight is 428 g/mol. The molecule has 4 heterocycles. The summed E-state index contributed by atoms with van der Waals surface area (Å²) in [6.45, 7) is 4.63. The summed E-state index contributed by atoms with van der Waals surface area (Å²) in [4.78, 5) is 31.9. The van der Waals surface area contributed by atoms with Gasteiger partial charge in [-0.05, 0) is 56.7 Å². The fraction of sp³-hybridized carbons (Fsp3) is 0.385. The second-order valence-corrected chi connectivity index (χ2v) is 8.71. The number of hydrogen-bond donors (Lipinski definition) is 0. The lowest BCUT2D eigenvalue weighted by Gasteiger charge is -2.36. The molecule has 2 aromatic heterocycles. The van der Waals surface area contributed by atoms with E-state index in [-0.39, 0.29) is 11.9 Å². The van der Waals surface area contributed by atoms with Gasteiger partial charge >= 0.3 is 0 Å². The van der Waals surface area contributed by atoms with Crippen LogP contribution >= 0.6 is 0 Å². The van der Waals surface area contributed by atoms with Gasteiger partial charge in [0, 0.05) is 37.1 Å². The van der Waals surface area contributed by atoms with Gasteiger partial charge in [0.2, 0.25) is 0 Å². The van der Waals surface area contributed by atoms with Gasteiger partial charge in [-0.1, -0.05) is 36.4 Å². The summed E-state index contributed by atoms with van der Waals surface area (Å²) < 4.78 is 0. The molecule has 3 aromatic rings. The Balaban J connectivity index is 1.48. The number of benzene rings is 1. The summed E-state index contributed by atoms with van der Waals surface area (Å²) in [5.41, 5.74) is 4.05. The predicted molar refractivity (Wildman–Crippen MR) is 124 cm³/mol. The minimum atomic E-state index is -0.109. The molecule has 0 bridgehead atoms. The van der Waals surface area contributed by atoms with E-state index in [2.05, 4.69) is 41.1 Å². The number of piperidine rings is 1. The normalized spacial score (nSPS) is 18.3. The predicted octanol–water partition coefficient (Wildman–Crippen LogP) is 4.50. The molecule has 6 nitrogen and oxygen atoms in total.